The monoisotopic (exact) mass is 254 g/mol. The molecule has 0 amide bonds. The molecule has 2 aromatic rings. The Morgan fingerprint density at radius 3 is 2.00 bits per heavy atom. The minimum atomic E-state index is 0.0494. The van der Waals surface area contributed by atoms with E-state index >= 15 is 0 Å². The minimum absolute atomic E-state index is 0.0494. The maximum Gasteiger partial charge on any atom is 0.140 e. The molecule has 0 atom stereocenters. The third kappa shape index (κ3) is 2.94. The number of hydrogen-bond donors (Lipinski definition) is 0. The fourth-order valence-corrected chi connectivity index (χ4v) is 1.93. The second-order valence-electron chi connectivity index (χ2n) is 4.57. The molecular weight excluding hydrogens is 240 g/mol. The Labute approximate surface area is 111 Å². The fraction of sp³-hybridized carbons (Fsp3) is 0.188. The SMILES string of the molecule is O=C1CC(Oc2ccc(Oc3ccccc3)cc2)C1. The number of Topliss-reactive ketones (excluding diaryl/α,β-unsaturated/α-hetero) is 1. The van der Waals surface area contributed by atoms with E-state index in [4.69, 9.17) is 9.47 Å². The molecule has 3 heteroatoms. The Hall–Kier alpha value is -2.29. The van der Waals surface area contributed by atoms with E-state index < -0.39 is 0 Å². The van der Waals surface area contributed by atoms with Crippen LogP contribution in [0.25, 0.3) is 0 Å². The zero-order chi connectivity index (χ0) is 13.1. The van der Waals surface area contributed by atoms with Gasteiger partial charge in [-0.25, -0.2) is 0 Å². The molecule has 0 heterocycles. The minimum Gasteiger partial charge on any atom is -0.490 e. The molecule has 1 fully saturated rings. The van der Waals surface area contributed by atoms with E-state index in [9.17, 15) is 4.79 Å². The molecule has 1 aliphatic carbocycles. The van der Waals surface area contributed by atoms with Crippen LogP contribution >= 0.6 is 0 Å². The molecule has 1 aliphatic rings. The molecular formula is C16H14O3. The summed E-state index contributed by atoms with van der Waals surface area (Å²) in [6, 6.07) is 17.1. The molecule has 0 aliphatic heterocycles. The van der Waals surface area contributed by atoms with Crippen molar-refractivity contribution in [3.05, 3.63) is 54.6 Å². The summed E-state index contributed by atoms with van der Waals surface area (Å²) in [5, 5.41) is 0. The van der Waals surface area contributed by atoms with Gasteiger partial charge in [-0.3, -0.25) is 4.79 Å². The van der Waals surface area contributed by atoms with Crippen molar-refractivity contribution in [2.75, 3.05) is 0 Å². The summed E-state index contributed by atoms with van der Waals surface area (Å²) in [4.78, 5) is 10.9. The predicted octanol–water partition coefficient (Wildman–Crippen LogP) is 3.59. The van der Waals surface area contributed by atoms with E-state index in [1.807, 2.05) is 54.6 Å². The van der Waals surface area contributed by atoms with Gasteiger partial charge in [0.25, 0.3) is 0 Å². The highest BCUT2D eigenvalue weighted by Crippen LogP contribution is 2.26. The van der Waals surface area contributed by atoms with Crippen molar-refractivity contribution >= 4 is 5.78 Å². The van der Waals surface area contributed by atoms with Gasteiger partial charge in [0.15, 0.2) is 0 Å². The second kappa shape index (κ2) is 5.14. The number of carbonyl (C=O) groups is 1. The lowest BCUT2D eigenvalue weighted by Crippen LogP contribution is -2.33. The number of ketones is 1. The first kappa shape index (κ1) is 11.8. The molecule has 1 saturated carbocycles. The molecule has 96 valence electrons. The molecule has 0 saturated heterocycles. The van der Waals surface area contributed by atoms with Gasteiger partial charge in [0.1, 0.15) is 29.1 Å². The Bertz CT molecular complexity index is 552. The Morgan fingerprint density at radius 1 is 0.789 bits per heavy atom. The Balaban J connectivity index is 1.61. The van der Waals surface area contributed by atoms with Crippen molar-refractivity contribution in [3.8, 4) is 17.2 Å². The third-order valence-corrected chi connectivity index (χ3v) is 3.02. The van der Waals surface area contributed by atoms with Crippen molar-refractivity contribution in [1.29, 1.82) is 0 Å². The van der Waals surface area contributed by atoms with E-state index in [-0.39, 0.29) is 11.9 Å². The van der Waals surface area contributed by atoms with Crippen LogP contribution in [0.2, 0.25) is 0 Å². The van der Waals surface area contributed by atoms with Crippen LogP contribution < -0.4 is 9.47 Å². The summed E-state index contributed by atoms with van der Waals surface area (Å²) in [6.45, 7) is 0. The number of hydrogen-bond acceptors (Lipinski definition) is 3. The van der Waals surface area contributed by atoms with Crippen LogP contribution in [0.5, 0.6) is 17.2 Å². The van der Waals surface area contributed by atoms with Gasteiger partial charge in [-0.15, -0.1) is 0 Å². The average molecular weight is 254 g/mol. The number of rotatable bonds is 4. The lowest BCUT2D eigenvalue weighted by atomic mass is 9.94. The van der Waals surface area contributed by atoms with E-state index in [1.54, 1.807) is 0 Å². The van der Waals surface area contributed by atoms with Gasteiger partial charge in [-0.2, -0.15) is 0 Å². The van der Waals surface area contributed by atoms with Crippen LogP contribution in [0.4, 0.5) is 0 Å². The second-order valence-corrected chi connectivity index (χ2v) is 4.57. The standard InChI is InChI=1S/C16H14O3/c17-12-10-16(11-12)19-15-8-6-14(7-9-15)18-13-4-2-1-3-5-13/h1-9,16H,10-11H2. The molecule has 3 nitrogen and oxygen atoms in total. The van der Waals surface area contributed by atoms with Gasteiger partial charge >= 0.3 is 0 Å². The summed E-state index contributed by atoms with van der Waals surface area (Å²) < 4.78 is 11.3. The highest BCUT2D eigenvalue weighted by molar-refractivity contribution is 5.85. The number of para-hydroxylation sites is 1. The van der Waals surface area contributed by atoms with E-state index in [0.29, 0.717) is 12.8 Å². The maximum atomic E-state index is 10.9. The topological polar surface area (TPSA) is 35.5 Å². The molecule has 2 aromatic carbocycles. The van der Waals surface area contributed by atoms with Gasteiger partial charge < -0.3 is 9.47 Å². The van der Waals surface area contributed by atoms with E-state index in [2.05, 4.69) is 0 Å². The summed E-state index contributed by atoms with van der Waals surface area (Å²) in [7, 11) is 0. The molecule has 0 unspecified atom stereocenters. The molecule has 0 bridgehead atoms. The van der Waals surface area contributed by atoms with Crippen LogP contribution in [-0.2, 0) is 4.79 Å². The van der Waals surface area contributed by atoms with Crippen molar-refractivity contribution < 1.29 is 14.3 Å². The number of carbonyl (C=O) groups excluding carboxylic acids is 1. The summed E-state index contributed by atoms with van der Waals surface area (Å²) in [5.74, 6) is 2.62. The normalized spacial score (nSPS) is 14.8. The van der Waals surface area contributed by atoms with Crippen LogP contribution in [0.3, 0.4) is 0 Å². The summed E-state index contributed by atoms with van der Waals surface area (Å²) in [6.07, 6.45) is 1.11. The summed E-state index contributed by atoms with van der Waals surface area (Å²) in [5.41, 5.74) is 0. The van der Waals surface area contributed by atoms with Crippen LogP contribution in [0, 0.1) is 0 Å². The van der Waals surface area contributed by atoms with Crippen LogP contribution in [0.15, 0.2) is 54.6 Å². The van der Waals surface area contributed by atoms with Crippen LogP contribution in [0.1, 0.15) is 12.8 Å². The van der Waals surface area contributed by atoms with Gasteiger partial charge in [-0.1, -0.05) is 18.2 Å². The average Bonchev–Trinajstić information content (AvgIpc) is 2.40. The summed E-state index contributed by atoms with van der Waals surface area (Å²) >= 11 is 0. The first-order valence-electron chi connectivity index (χ1n) is 6.31. The van der Waals surface area contributed by atoms with E-state index in [1.165, 1.54) is 0 Å². The first-order chi connectivity index (χ1) is 9.29. The third-order valence-electron chi connectivity index (χ3n) is 3.02. The largest absolute Gasteiger partial charge is 0.490 e. The molecule has 3 rings (SSSR count). The smallest absolute Gasteiger partial charge is 0.140 e. The lowest BCUT2D eigenvalue weighted by molar-refractivity contribution is -0.129. The number of ether oxygens (including phenoxy) is 2. The molecule has 0 radical (unpaired) electrons. The molecule has 0 aromatic heterocycles. The van der Waals surface area contributed by atoms with Crippen molar-refractivity contribution in [2.24, 2.45) is 0 Å². The molecule has 0 N–H and O–H groups in total. The van der Waals surface area contributed by atoms with Gasteiger partial charge in [0, 0.05) is 12.8 Å². The van der Waals surface area contributed by atoms with Gasteiger partial charge in [0.05, 0.1) is 0 Å². The Morgan fingerprint density at radius 2 is 1.37 bits per heavy atom. The van der Waals surface area contributed by atoms with Crippen molar-refractivity contribution in [2.45, 2.75) is 18.9 Å². The molecule has 0 spiro atoms. The molecule has 19 heavy (non-hydrogen) atoms. The zero-order valence-electron chi connectivity index (χ0n) is 10.4. The zero-order valence-corrected chi connectivity index (χ0v) is 10.4. The quantitative estimate of drug-likeness (QED) is 0.836. The highest BCUT2D eigenvalue weighted by Gasteiger charge is 2.28. The predicted molar refractivity (Wildman–Crippen MR) is 71.6 cm³/mol. The number of benzene rings is 2. The van der Waals surface area contributed by atoms with Gasteiger partial charge in [0.2, 0.25) is 0 Å². The Kier molecular flexibility index (Phi) is 3.19. The highest BCUT2D eigenvalue weighted by atomic mass is 16.5. The first-order valence-corrected chi connectivity index (χ1v) is 6.31. The van der Waals surface area contributed by atoms with Gasteiger partial charge in [-0.05, 0) is 36.4 Å². The fourth-order valence-electron chi connectivity index (χ4n) is 1.93. The van der Waals surface area contributed by atoms with E-state index in [0.717, 1.165) is 17.2 Å². The van der Waals surface area contributed by atoms with Crippen molar-refractivity contribution in [3.63, 3.8) is 0 Å². The lowest BCUT2D eigenvalue weighted by Gasteiger charge is -2.25. The maximum absolute atomic E-state index is 10.9. The van der Waals surface area contributed by atoms with Crippen molar-refractivity contribution in [1.82, 2.24) is 0 Å². The van der Waals surface area contributed by atoms with Crippen LogP contribution in [-0.4, -0.2) is 11.9 Å².